The second-order valence-electron chi connectivity index (χ2n) is 12.9. The van der Waals surface area contributed by atoms with Gasteiger partial charge in [-0.3, -0.25) is 0 Å². The van der Waals surface area contributed by atoms with Gasteiger partial charge in [-0.05, 0) is 12.1 Å². The quantitative estimate of drug-likeness (QED) is 0.135. The molecule has 4 aromatic carbocycles. The SMILES string of the molecule is Cc1cc(Cl)c(-c2cccc([PH](O)(O)O)c2-c2c(Cl)cc(C)cc2C(C)(C)C)c(C(C)(C)C)c1.OP(O)Oc1ccccc1. The van der Waals surface area contributed by atoms with Crippen molar-refractivity contribution in [3.05, 3.63) is 105 Å². The second-order valence-corrected chi connectivity index (χ2v) is 16.2. The van der Waals surface area contributed by atoms with Gasteiger partial charge in [0.25, 0.3) is 0 Å². The third-order valence-corrected chi connectivity index (χ3v) is 9.07. The van der Waals surface area contributed by atoms with E-state index < -0.39 is 16.5 Å². The Morgan fingerprint density at radius 1 is 0.636 bits per heavy atom. The van der Waals surface area contributed by atoms with Crippen LogP contribution < -0.4 is 9.83 Å². The molecular weight excluding hydrogens is 637 g/mol. The first-order valence-electron chi connectivity index (χ1n) is 14.0. The predicted molar refractivity (Wildman–Crippen MR) is 187 cm³/mol. The molecule has 0 spiro atoms. The standard InChI is InChI=1S/C28H35Cl2O3P.C6H7O3P/c1-16-12-19(27(3,4)5)24(21(29)14-16)18-10-9-11-23(34(31,32)33)25(18)26-20(28(6,7)8)13-17(2)15-22(26)30;7-10(8)9-6-4-2-1-3-5-6/h9-15,31-34H,1-8H3;1-5,7-8H. The van der Waals surface area contributed by atoms with Crippen LogP contribution in [0.4, 0.5) is 0 Å². The molecule has 4 aromatic rings. The zero-order valence-corrected chi connectivity index (χ0v) is 29.7. The average Bonchev–Trinajstić information content (AvgIpc) is 2.87. The van der Waals surface area contributed by atoms with E-state index in [4.69, 9.17) is 33.0 Å². The molecule has 0 amide bonds. The van der Waals surface area contributed by atoms with Crippen LogP contribution in [0.2, 0.25) is 10.0 Å². The molecule has 44 heavy (non-hydrogen) atoms. The van der Waals surface area contributed by atoms with Gasteiger partial charge in [-0.15, -0.1) is 0 Å². The molecule has 0 bridgehead atoms. The minimum atomic E-state index is -4.74. The zero-order valence-electron chi connectivity index (χ0n) is 26.3. The van der Waals surface area contributed by atoms with Crippen LogP contribution in [0.1, 0.15) is 63.8 Å². The molecule has 0 fully saturated rings. The zero-order chi connectivity index (χ0) is 33.2. The summed E-state index contributed by atoms with van der Waals surface area (Å²) in [5.41, 5.74) is 6.16. The molecule has 0 heterocycles. The number of benzene rings is 4. The molecule has 238 valence electrons. The van der Waals surface area contributed by atoms with Crippen molar-refractivity contribution in [2.24, 2.45) is 0 Å². The van der Waals surface area contributed by atoms with Crippen molar-refractivity contribution in [2.45, 2.75) is 66.2 Å². The van der Waals surface area contributed by atoms with Crippen LogP contribution >= 0.6 is 39.7 Å². The molecule has 0 radical (unpaired) electrons. The van der Waals surface area contributed by atoms with Crippen molar-refractivity contribution in [1.82, 2.24) is 0 Å². The summed E-state index contributed by atoms with van der Waals surface area (Å²) >= 11 is 13.8. The molecule has 0 saturated carbocycles. The normalized spacial score (nSPS) is 12.5. The number of hydrogen-bond donors (Lipinski definition) is 5. The monoisotopic (exact) mass is 678 g/mol. The van der Waals surface area contributed by atoms with Gasteiger partial charge in [0.15, 0.2) is 0 Å². The molecule has 0 aliphatic rings. The fourth-order valence-corrected chi connectivity index (χ4v) is 7.05. The third kappa shape index (κ3) is 9.01. The molecular formula is C34H42Cl2O6P2. The smallest absolute Gasteiger partial charge is 0.391 e. The van der Waals surface area contributed by atoms with E-state index in [-0.39, 0.29) is 16.1 Å². The van der Waals surface area contributed by atoms with Crippen molar-refractivity contribution >= 4 is 45.1 Å². The topological polar surface area (TPSA) is 110 Å². The first-order valence-corrected chi connectivity index (χ1v) is 17.8. The van der Waals surface area contributed by atoms with Gasteiger partial charge in [0, 0.05) is 0 Å². The van der Waals surface area contributed by atoms with Crippen molar-refractivity contribution < 1.29 is 29.0 Å². The number of para-hydroxylation sites is 1. The van der Waals surface area contributed by atoms with Gasteiger partial charge in [0.05, 0.1) is 0 Å². The van der Waals surface area contributed by atoms with Crippen LogP contribution in [0.15, 0.2) is 72.8 Å². The van der Waals surface area contributed by atoms with Crippen LogP contribution in [0.25, 0.3) is 22.3 Å². The summed E-state index contributed by atoms with van der Waals surface area (Å²) < 4.78 is 4.59. The Balaban J connectivity index is 0.000000448. The Morgan fingerprint density at radius 3 is 1.57 bits per heavy atom. The van der Waals surface area contributed by atoms with Gasteiger partial charge in [0.1, 0.15) is 5.75 Å². The largest absolute Gasteiger partial charge is 0.427 e. The van der Waals surface area contributed by atoms with Gasteiger partial charge >= 0.3 is 223 Å². The molecule has 0 atom stereocenters. The summed E-state index contributed by atoms with van der Waals surface area (Å²) in [6, 6.07) is 21.8. The summed E-state index contributed by atoms with van der Waals surface area (Å²) in [5, 5.41) is 1.13. The molecule has 4 rings (SSSR count). The van der Waals surface area contributed by atoms with E-state index in [0.717, 1.165) is 27.8 Å². The molecule has 0 aliphatic heterocycles. The van der Waals surface area contributed by atoms with E-state index >= 15 is 0 Å². The summed E-state index contributed by atoms with van der Waals surface area (Å²) in [6.45, 7) is 16.6. The first kappa shape index (κ1) is 36.4. The predicted octanol–water partition coefficient (Wildman–Crippen LogP) is 8.91. The van der Waals surface area contributed by atoms with Crippen molar-refractivity contribution in [1.29, 1.82) is 0 Å². The summed E-state index contributed by atoms with van der Waals surface area (Å²) in [6.07, 6.45) is 0. The molecule has 10 heteroatoms. The van der Waals surface area contributed by atoms with Crippen LogP contribution in [-0.2, 0) is 10.8 Å². The van der Waals surface area contributed by atoms with Crippen molar-refractivity contribution in [2.75, 3.05) is 0 Å². The summed E-state index contributed by atoms with van der Waals surface area (Å²) in [5.74, 6) is 0.471. The maximum absolute atomic E-state index is 10.6. The van der Waals surface area contributed by atoms with Gasteiger partial charge < -0.3 is 14.3 Å². The Labute approximate surface area is 272 Å². The Bertz CT molecular complexity index is 1610. The number of hydrogen-bond acceptors (Lipinski definition) is 6. The number of aryl methyl sites for hydroxylation is 2. The van der Waals surface area contributed by atoms with Gasteiger partial charge in [-0.2, -0.15) is 0 Å². The average molecular weight is 680 g/mol. The van der Waals surface area contributed by atoms with E-state index in [1.807, 2.05) is 38.1 Å². The van der Waals surface area contributed by atoms with Gasteiger partial charge in [0.2, 0.25) is 0 Å². The first-order chi connectivity index (χ1) is 20.2. The van der Waals surface area contributed by atoms with Crippen LogP contribution in [0.3, 0.4) is 0 Å². The summed E-state index contributed by atoms with van der Waals surface area (Å²) in [4.78, 5) is 48.5. The maximum atomic E-state index is 10.6. The fourth-order valence-electron chi connectivity index (χ4n) is 5.08. The minimum Gasteiger partial charge on any atom is -0.427 e. The Hall–Kier alpha value is -2.08. The third-order valence-electron chi connectivity index (χ3n) is 6.96. The van der Waals surface area contributed by atoms with E-state index in [1.165, 1.54) is 0 Å². The number of halogens is 2. The van der Waals surface area contributed by atoms with Crippen LogP contribution in [-0.4, -0.2) is 24.5 Å². The molecule has 0 aliphatic carbocycles. The van der Waals surface area contributed by atoms with Crippen molar-refractivity contribution in [3.8, 4) is 28.0 Å². The molecule has 6 nitrogen and oxygen atoms in total. The van der Waals surface area contributed by atoms with Crippen LogP contribution in [0.5, 0.6) is 5.75 Å². The van der Waals surface area contributed by atoms with E-state index in [0.29, 0.717) is 32.5 Å². The molecule has 0 saturated heterocycles. The van der Waals surface area contributed by atoms with E-state index in [9.17, 15) is 14.7 Å². The maximum Gasteiger partial charge on any atom is 0.391 e. The van der Waals surface area contributed by atoms with Crippen LogP contribution in [0, 0.1) is 13.8 Å². The number of rotatable bonds is 5. The molecule has 5 N–H and O–H groups in total. The van der Waals surface area contributed by atoms with Gasteiger partial charge in [-0.1, -0.05) is 18.2 Å². The van der Waals surface area contributed by atoms with Crippen molar-refractivity contribution in [3.63, 3.8) is 0 Å². The Morgan fingerprint density at radius 2 is 1.11 bits per heavy atom. The summed E-state index contributed by atoms with van der Waals surface area (Å²) in [7, 11) is -7.01. The van der Waals surface area contributed by atoms with E-state index in [2.05, 4.69) is 58.2 Å². The van der Waals surface area contributed by atoms with Gasteiger partial charge in [-0.25, -0.2) is 0 Å². The van der Waals surface area contributed by atoms with E-state index in [1.54, 1.807) is 36.4 Å². The fraction of sp³-hybridized carbons (Fsp3) is 0.294. The Kier molecular flexibility index (Phi) is 11.7. The second kappa shape index (κ2) is 14.1. The minimum absolute atomic E-state index is 0.0813. The molecule has 0 aromatic heterocycles. The molecule has 0 unspecified atom stereocenters.